The first kappa shape index (κ1) is 21.4. The summed E-state index contributed by atoms with van der Waals surface area (Å²) in [7, 11) is 0. The Morgan fingerprint density at radius 1 is 1.16 bits per heavy atom. The Morgan fingerprint density at radius 2 is 1.94 bits per heavy atom. The van der Waals surface area contributed by atoms with Crippen molar-refractivity contribution in [3.63, 3.8) is 0 Å². The molecule has 0 radical (unpaired) electrons. The first-order valence-electron chi connectivity index (χ1n) is 11.1. The number of carbonyl (C=O) groups is 1. The number of rotatable bonds is 4. The molecule has 0 N–H and O–H groups in total. The van der Waals surface area contributed by atoms with Gasteiger partial charge in [-0.1, -0.05) is 11.6 Å². The SMILES string of the molecule is O=C(N1CCC(c2noc(-c3ccnc(C4CCOC4)c3)n2)CC1)C1(C(F)(F)F)CCC1. The van der Waals surface area contributed by atoms with Crippen LogP contribution in [0.2, 0.25) is 0 Å². The molecule has 2 aliphatic heterocycles. The van der Waals surface area contributed by atoms with Gasteiger partial charge in [-0.05, 0) is 44.2 Å². The van der Waals surface area contributed by atoms with Gasteiger partial charge in [-0.25, -0.2) is 0 Å². The first-order chi connectivity index (χ1) is 15.4. The number of piperidine rings is 1. The molecule has 2 aromatic heterocycles. The fourth-order valence-electron chi connectivity index (χ4n) is 4.88. The van der Waals surface area contributed by atoms with Gasteiger partial charge in [0, 0.05) is 49.0 Å². The Labute approximate surface area is 183 Å². The number of aromatic nitrogens is 3. The summed E-state index contributed by atoms with van der Waals surface area (Å²) < 4.78 is 51.4. The van der Waals surface area contributed by atoms with Gasteiger partial charge in [0.15, 0.2) is 5.82 Å². The molecule has 7 nitrogen and oxygen atoms in total. The zero-order valence-electron chi connectivity index (χ0n) is 17.6. The van der Waals surface area contributed by atoms with E-state index >= 15 is 0 Å². The van der Waals surface area contributed by atoms with Crippen molar-refractivity contribution in [3.05, 3.63) is 29.8 Å². The van der Waals surface area contributed by atoms with Crippen molar-refractivity contribution in [1.29, 1.82) is 0 Å². The molecule has 3 fully saturated rings. The molecular formula is C22H25F3N4O3. The maximum Gasteiger partial charge on any atom is 0.403 e. The number of amides is 1. The highest BCUT2D eigenvalue weighted by Gasteiger charge is 2.64. The van der Waals surface area contributed by atoms with Crippen LogP contribution in [-0.2, 0) is 9.53 Å². The summed E-state index contributed by atoms with van der Waals surface area (Å²) in [5.74, 6) is 0.360. The summed E-state index contributed by atoms with van der Waals surface area (Å²) in [6, 6.07) is 3.75. The van der Waals surface area contributed by atoms with E-state index in [9.17, 15) is 18.0 Å². The Kier molecular flexibility index (Phi) is 5.43. The number of ether oxygens (including phenoxy) is 1. The van der Waals surface area contributed by atoms with E-state index in [0.717, 1.165) is 24.3 Å². The summed E-state index contributed by atoms with van der Waals surface area (Å²) in [6.07, 6.45) is -0.589. The quantitative estimate of drug-likeness (QED) is 0.699. The van der Waals surface area contributed by atoms with Crippen molar-refractivity contribution in [2.75, 3.05) is 26.3 Å². The average Bonchev–Trinajstić information content (AvgIpc) is 3.44. The van der Waals surface area contributed by atoms with Gasteiger partial charge in [0.1, 0.15) is 5.41 Å². The van der Waals surface area contributed by atoms with Crippen LogP contribution < -0.4 is 0 Å². The van der Waals surface area contributed by atoms with Gasteiger partial charge in [-0.15, -0.1) is 0 Å². The molecule has 3 aliphatic rings. The topological polar surface area (TPSA) is 81.4 Å². The van der Waals surface area contributed by atoms with Crippen molar-refractivity contribution < 1.29 is 27.2 Å². The van der Waals surface area contributed by atoms with Gasteiger partial charge in [0.2, 0.25) is 5.91 Å². The zero-order chi connectivity index (χ0) is 22.3. The van der Waals surface area contributed by atoms with Gasteiger partial charge in [-0.3, -0.25) is 9.78 Å². The van der Waals surface area contributed by atoms with Gasteiger partial charge in [0.25, 0.3) is 5.89 Å². The van der Waals surface area contributed by atoms with Crippen LogP contribution in [0.1, 0.15) is 61.9 Å². The second kappa shape index (κ2) is 8.13. The van der Waals surface area contributed by atoms with Crippen molar-refractivity contribution in [3.8, 4) is 11.5 Å². The molecule has 172 valence electrons. The second-order valence-electron chi connectivity index (χ2n) is 8.99. The van der Waals surface area contributed by atoms with Crippen LogP contribution in [0.15, 0.2) is 22.9 Å². The molecule has 2 aromatic rings. The fourth-order valence-corrected chi connectivity index (χ4v) is 4.88. The molecular weight excluding hydrogens is 425 g/mol. The lowest BCUT2D eigenvalue weighted by atomic mass is 9.67. The Morgan fingerprint density at radius 3 is 2.56 bits per heavy atom. The zero-order valence-corrected chi connectivity index (χ0v) is 17.6. The summed E-state index contributed by atoms with van der Waals surface area (Å²) in [4.78, 5) is 23.0. The van der Waals surface area contributed by atoms with Crippen LogP contribution in [-0.4, -0.2) is 58.4 Å². The number of pyridine rings is 1. The molecule has 32 heavy (non-hydrogen) atoms. The van der Waals surface area contributed by atoms with Crippen LogP contribution in [0, 0.1) is 5.41 Å². The Bertz CT molecular complexity index is 975. The number of hydrogen-bond donors (Lipinski definition) is 0. The minimum Gasteiger partial charge on any atom is -0.381 e. The molecule has 5 rings (SSSR count). The third kappa shape index (κ3) is 3.68. The first-order valence-corrected chi connectivity index (χ1v) is 11.1. The molecule has 0 spiro atoms. The Balaban J connectivity index is 1.24. The van der Waals surface area contributed by atoms with E-state index in [0.29, 0.717) is 37.6 Å². The van der Waals surface area contributed by atoms with E-state index in [-0.39, 0.29) is 37.8 Å². The minimum absolute atomic E-state index is 0.0516. The van der Waals surface area contributed by atoms with Crippen molar-refractivity contribution in [1.82, 2.24) is 20.0 Å². The monoisotopic (exact) mass is 450 g/mol. The molecule has 1 unspecified atom stereocenters. The highest BCUT2D eigenvalue weighted by atomic mass is 19.4. The lowest BCUT2D eigenvalue weighted by Crippen LogP contribution is -2.57. The number of alkyl halides is 3. The Hall–Kier alpha value is -2.49. The summed E-state index contributed by atoms with van der Waals surface area (Å²) in [5, 5.41) is 4.11. The smallest absolute Gasteiger partial charge is 0.381 e. The van der Waals surface area contributed by atoms with Crippen LogP contribution in [0.3, 0.4) is 0 Å². The van der Waals surface area contributed by atoms with Crippen molar-refractivity contribution in [2.45, 2.75) is 56.5 Å². The maximum atomic E-state index is 13.5. The number of carbonyl (C=O) groups excluding carboxylic acids is 1. The van der Waals surface area contributed by atoms with Crippen LogP contribution in [0.5, 0.6) is 0 Å². The molecule has 1 atom stereocenters. The molecule has 4 heterocycles. The van der Waals surface area contributed by atoms with Gasteiger partial charge in [-0.2, -0.15) is 18.2 Å². The third-order valence-electron chi connectivity index (χ3n) is 7.12. The third-order valence-corrected chi connectivity index (χ3v) is 7.12. The largest absolute Gasteiger partial charge is 0.403 e. The van der Waals surface area contributed by atoms with E-state index in [2.05, 4.69) is 15.1 Å². The normalized spacial score (nSPS) is 23.8. The van der Waals surface area contributed by atoms with E-state index in [4.69, 9.17) is 9.26 Å². The molecule has 1 saturated carbocycles. The number of nitrogens with zero attached hydrogens (tertiary/aromatic N) is 4. The summed E-state index contributed by atoms with van der Waals surface area (Å²) >= 11 is 0. The lowest BCUT2D eigenvalue weighted by Gasteiger charge is -2.45. The van der Waals surface area contributed by atoms with E-state index in [1.807, 2.05) is 12.1 Å². The molecule has 1 aliphatic carbocycles. The number of likely N-dealkylation sites (tertiary alicyclic amines) is 1. The fraction of sp³-hybridized carbons (Fsp3) is 0.636. The molecule has 0 aromatic carbocycles. The van der Waals surface area contributed by atoms with E-state index in [1.165, 1.54) is 4.90 Å². The predicted molar refractivity (Wildman–Crippen MR) is 107 cm³/mol. The van der Waals surface area contributed by atoms with Gasteiger partial charge >= 0.3 is 6.18 Å². The summed E-state index contributed by atoms with van der Waals surface area (Å²) in [6.45, 7) is 1.92. The summed E-state index contributed by atoms with van der Waals surface area (Å²) in [5.41, 5.74) is -0.464. The van der Waals surface area contributed by atoms with Crippen molar-refractivity contribution in [2.24, 2.45) is 5.41 Å². The van der Waals surface area contributed by atoms with Crippen LogP contribution in [0.4, 0.5) is 13.2 Å². The highest BCUT2D eigenvalue weighted by molar-refractivity contribution is 5.84. The van der Waals surface area contributed by atoms with Gasteiger partial charge in [0.05, 0.1) is 6.61 Å². The molecule has 2 saturated heterocycles. The number of halogens is 3. The van der Waals surface area contributed by atoms with Crippen LogP contribution >= 0.6 is 0 Å². The molecule has 10 heteroatoms. The second-order valence-corrected chi connectivity index (χ2v) is 8.99. The molecule has 0 bridgehead atoms. The molecule has 1 amide bonds. The standard InChI is InChI=1S/C22H25F3N4O3/c23-22(24,25)21(6-1-7-21)20(30)29-9-3-14(4-10-29)18-27-19(32-28-18)15-2-8-26-17(12-15)16-5-11-31-13-16/h2,8,12,14,16H,1,3-7,9-11,13H2. The van der Waals surface area contributed by atoms with Gasteiger partial charge < -0.3 is 14.2 Å². The average molecular weight is 450 g/mol. The maximum absolute atomic E-state index is 13.5. The lowest BCUT2D eigenvalue weighted by molar-refractivity contribution is -0.248. The highest BCUT2D eigenvalue weighted by Crippen LogP contribution is 2.54. The van der Waals surface area contributed by atoms with Crippen molar-refractivity contribution >= 4 is 5.91 Å². The van der Waals surface area contributed by atoms with Crippen LogP contribution in [0.25, 0.3) is 11.5 Å². The number of hydrogen-bond acceptors (Lipinski definition) is 6. The van der Waals surface area contributed by atoms with E-state index < -0.39 is 17.5 Å². The minimum atomic E-state index is -4.49. The van der Waals surface area contributed by atoms with E-state index in [1.54, 1.807) is 6.20 Å². The predicted octanol–water partition coefficient (Wildman–Crippen LogP) is 4.07.